The van der Waals surface area contributed by atoms with E-state index in [9.17, 15) is 4.79 Å². The van der Waals surface area contributed by atoms with Gasteiger partial charge in [-0.3, -0.25) is 9.78 Å². The van der Waals surface area contributed by atoms with Gasteiger partial charge in [-0.05, 0) is 38.1 Å². The first-order valence-corrected chi connectivity index (χ1v) is 6.22. The fourth-order valence-corrected chi connectivity index (χ4v) is 2.08. The van der Waals surface area contributed by atoms with Crippen molar-refractivity contribution in [3.05, 3.63) is 24.5 Å². The van der Waals surface area contributed by atoms with Gasteiger partial charge >= 0.3 is 0 Å². The quantitative estimate of drug-likeness (QED) is 0.827. The van der Waals surface area contributed by atoms with E-state index in [1.165, 1.54) is 0 Å². The van der Waals surface area contributed by atoms with E-state index in [1.54, 1.807) is 24.5 Å². The molecular formula is C13H19N3O2. The minimum atomic E-state index is -0.0755. The molecular weight excluding hydrogens is 230 g/mol. The molecule has 1 N–H and O–H groups in total. The third-order valence-corrected chi connectivity index (χ3v) is 3.08. The molecule has 1 saturated heterocycles. The minimum Gasteiger partial charge on any atom is -0.482 e. The topological polar surface area (TPSA) is 54.5 Å². The zero-order valence-corrected chi connectivity index (χ0v) is 10.6. The van der Waals surface area contributed by atoms with Gasteiger partial charge < -0.3 is 15.0 Å². The number of pyridine rings is 1. The van der Waals surface area contributed by atoms with E-state index in [2.05, 4.69) is 22.2 Å². The smallest absolute Gasteiger partial charge is 0.257 e. The monoisotopic (exact) mass is 249 g/mol. The predicted octanol–water partition coefficient (Wildman–Crippen LogP) is 0.528. The van der Waals surface area contributed by atoms with Crippen molar-refractivity contribution < 1.29 is 9.53 Å². The molecule has 0 spiro atoms. The molecule has 5 nitrogen and oxygen atoms in total. The molecule has 0 saturated carbocycles. The number of aromatic nitrogens is 1. The Morgan fingerprint density at radius 3 is 3.22 bits per heavy atom. The fraction of sp³-hybridized carbons (Fsp3) is 0.538. The van der Waals surface area contributed by atoms with Gasteiger partial charge in [0, 0.05) is 19.3 Å². The minimum absolute atomic E-state index is 0.0499. The maximum atomic E-state index is 11.6. The molecule has 2 rings (SSSR count). The van der Waals surface area contributed by atoms with Crippen molar-refractivity contribution in [3.8, 4) is 5.75 Å². The standard InChI is InChI=1S/C13H19N3O2/c1-16-6-4-11(9-16)7-15-13(17)10-18-12-3-2-5-14-8-12/h2-3,5,8,11H,4,6-7,9-10H2,1H3,(H,15,17). The van der Waals surface area contributed by atoms with Crippen LogP contribution >= 0.6 is 0 Å². The Kier molecular flexibility index (Phi) is 4.52. The number of hydrogen-bond donors (Lipinski definition) is 1. The highest BCUT2D eigenvalue weighted by atomic mass is 16.5. The Balaban J connectivity index is 1.63. The van der Waals surface area contributed by atoms with E-state index in [0.717, 1.165) is 26.1 Å². The van der Waals surface area contributed by atoms with Crippen LogP contribution in [0.15, 0.2) is 24.5 Å². The van der Waals surface area contributed by atoms with Crippen LogP contribution in [-0.4, -0.2) is 49.1 Å². The van der Waals surface area contributed by atoms with Crippen molar-refractivity contribution in [2.24, 2.45) is 5.92 Å². The summed E-state index contributed by atoms with van der Waals surface area (Å²) < 4.78 is 5.32. The van der Waals surface area contributed by atoms with Crippen LogP contribution in [0.5, 0.6) is 5.75 Å². The highest BCUT2D eigenvalue weighted by Gasteiger charge is 2.19. The lowest BCUT2D eigenvalue weighted by Crippen LogP contribution is -2.33. The second kappa shape index (κ2) is 6.35. The van der Waals surface area contributed by atoms with Crippen LogP contribution in [0.3, 0.4) is 0 Å². The highest BCUT2D eigenvalue weighted by Crippen LogP contribution is 2.12. The third kappa shape index (κ3) is 4.00. The molecule has 0 bridgehead atoms. The van der Waals surface area contributed by atoms with Gasteiger partial charge in [-0.15, -0.1) is 0 Å². The molecule has 1 aromatic rings. The Bertz CT molecular complexity index is 383. The number of nitrogens with zero attached hydrogens (tertiary/aromatic N) is 2. The van der Waals surface area contributed by atoms with Gasteiger partial charge in [0.2, 0.25) is 0 Å². The molecule has 1 atom stereocenters. The Labute approximate surface area is 107 Å². The molecule has 1 fully saturated rings. The van der Waals surface area contributed by atoms with E-state index in [0.29, 0.717) is 11.7 Å². The summed E-state index contributed by atoms with van der Waals surface area (Å²) in [6.07, 6.45) is 4.42. The van der Waals surface area contributed by atoms with E-state index in [-0.39, 0.29) is 12.5 Å². The first kappa shape index (κ1) is 12.8. The molecule has 0 aliphatic carbocycles. The third-order valence-electron chi connectivity index (χ3n) is 3.08. The first-order chi connectivity index (χ1) is 8.74. The number of likely N-dealkylation sites (tertiary alicyclic amines) is 1. The van der Waals surface area contributed by atoms with Crippen LogP contribution in [0.2, 0.25) is 0 Å². The largest absolute Gasteiger partial charge is 0.482 e. The van der Waals surface area contributed by atoms with E-state index < -0.39 is 0 Å². The summed E-state index contributed by atoms with van der Waals surface area (Å²) in [6.45, 7) is 2.96. The lowest BCUT2D eigenvalue weighted by atomic mass is 10.1. The van der Waals surface area contributed by atoms with Crippen LogP contribution in [0.25, 0.3) is 0 Å². The van der Waals surface area contributed by atoms with Crippen LogP contribution in [0.1, 0.15) is 6.42 Å². The van der Waals surface area contributed by atoms with Gasteiger partial charge in [0.1, 0.15) is 5.75 Å². The maximum absolute atomic E-state index is 11.6. The molecule has 1 aliphatic rings. The molecule has 1 aliphatic heterocycles. The summed E-state index contributed by atoms with van der Waals surface area (Å²) in [7, 11) is 2.10. The van der Waals surface area contributed by atoms with Crippen molar-refractivity contribution in [2.75, 3.05) is 33.3 Å². The number of nitrogens with one attached hydrogen (secondary N) is 1. The second-order valence-electron chi connectivity index (χ2n) is 4.70. The Hall–Kier alpha value is -1.62. The average molecular weight is 249 g/mol. The van der Waals surface area contributed by atoms with Gasteiger partial charge in [-0.1, -0.05) is 0 Å². The second-order valence-corrected chi connectivity index (χ2v) is 4.70. The van der Waals surface area contributed by atoms with Crippen molar-refractivity contribution >= 4 is 5.91 Å². The molecule has 0 aromatic carbocycles. The van der Waals surface area contributed by atoms with Crippen molar-refractivity contribution in [1.82, 2.24) is 15.2 Å². The summed E-state index contributed by atoms with van der Waals surface area (Å²) in [5.41, 5.74) is 0. The zero-order chi connectivity index (χ0) is 12.8. The van der Waals surface area contributed by atoms with Gasteiger partial charge in [-0.2, -0.15) is 0 Å². The average Bonchev–Trinajstić information content (AvgIpc) is 2.81. The number of rotatable bonds is 5. The summed E-state index contributed by atoms with van der Waals surface area (Å²) in [6, 6.07) is 3.56. The van der Waals surface area contributed by atoms with E-state index in [1.807, 2.05) is 0 Å². The number of ether oxygens (including phenoxy) is 1. The number of amides is 1. The summed E-state index contributed by atoms with van der Waals surface area (Å²) in [5.74, 6) is 1.11. The van der Waals surface area contributed by atoms with Gasteiger partial charge in [-0.25, -0.2) is 0 Å². The van der Waals surface area contributed by atoms with Crippen LogP contribution < -0.4 is 10.1 Å². The molecule has 1 aromatic heterocycles. The Morgan fingerprint density at radius 2 is 2.56 bits per heavy atom. The van der Waals surface area contributed by atoms with E-state index >= 15 is 0 Å². The summed E-state index contributed by atoms with van der Waals surface area (Å²) in [5, 5.41) is 2.90. The molecule has 2 heterocycles. The van der Waals surface area contributed by atoms with Crippen LogP contribution in [0.4, 0.5) is 0 Å². The number of carbonyl (C=O) groups excluding carboxylic acids is 1. The van der Waals surface area contributed by atoms with Gasteiger partial charge in [0.05, 0.1) is 6.20 Å². The van der Waals surface area contributed by atoms with E-state index in [4.69, 9.17) is 4.74 Å². The Morgan fingerprint density at radius 1 is 1.67 bits per heavy atom. The summed E-state index contributed by atoms with van der Waals surface area (Å²) in [4.78, 5) is 17.8. The molecule has 5 heteroatoms. The molecule has 1 unspecified atom stereocenters. The normalized spacial score (nSPS) is 19.7. The molecule has 0 radical (unpaired) electrons. The highest BCUT2D eigenvalue weighted by molar-refractivity contribution is 5.77. The fourth-order valence-electron chi connectivity index (χ4n) is 2.08. The molecule has 18 heavy (non-hydrogen) atoms. The van der Waals surface area contributed by atoms with Crippen molar-refractivity contribution in [1.29, 1.82) is 0 Å². The first-order valence-electron chi connectivity index (χ1n) is 6.22. The van der Waals surface area contributed by atoms with Crippen LogP contribution in [-0.2, 0) is 4.79 Å². The van der Waals surface area contributed by atoms with Crippen molar-refractivity contribution in [3.63, 3.8) is 0 Å². The van der Waals surface area contributed by atoms with Crippen molar-refractivity contribution in [2.45, 2.75) is 6.42 Å². The number of carbonyl (C=O) groups is 1. The zero-order valence-electron chi connectivity index (χ0n) is 10.6. The van der Waals surface area contributed by atoms with Gasteiger partial charge in [0.25, 0.3) is 5.91 Å². The van der Waals surface area contributed by atoms with Crippen LogP contribution in [0, 0.1) is 5.92 Å². The number of hydrogen-bond acceptors (Lipinski definition) is 4. The predicted molar refractivity (Wildman–Crippen MR) is 68.3 cm³/mol. The lowest BCUT2D eigenvalue weighted by Gasteiger charge is -2.12. The lowest BCUT2D eigenvalue weighted by molar-refractivity contribution is -0.123. The SMILES string of the molecule is CN1CCC(CNC(=O)COc2cccnc2)C1. The molecule has 1 amide bonds. The molecule has 98 valence electrons. The maximum Gasteiger partial charge on any atom is 0.257 e. The summed E-state index contributed by atoms with van der Waals surface area (Å²) >= 11 is 0. The van der Waals surface area contributed by atoms with Gasteiger partial charge in [0.15, 0.2) is 6.61 Å².